The predicted molar refractivity (Wildman–Crippen MR) is 82.1 cm³/mol. The van der Waals surface area contributed by atoms with Gasteiger partial charge in [0.15, 0.2) is 0 Å². The van der Waals surface area contributed by atoms with E-state index in [1.807, 2.05) is 6.07 Å². The first-order valence-electron chi connectivity index (χ1n) is 7.26. The summed E-state index contributed by atoms with van der Waals surface area (Å²) in [5.41, 5.74) is 0. The second kappa shape index (κ2) is 7.15. The minimum absolute atomic E-state index is 0.224. The number of thiophene rings is 1. The third-order valence-corrected chi connectivity index (χ3v) is 4.90. The fraction of sp³-hybridized carbons (Fsp3) is 0.714. The van der Waals surface area contributed by atoms with Gasteiger partial charge in [-0.25, -0.2) is 0 Å². The van der Waals surface area contributed by atoms with Crippen molar-refractivity contribution in [1.82, 2.24) is 10.2 Å². The quantitative estimate of drug-likeness (QED) is 0.621. The third-order valence-electron chi connectivity index (χ3n) is 3.86. The van der Waals surface area contributed by atoms with E-state index in [2.05, 4.69) is 24.1 Å². The highest BCUT2D eigenvalue weighted by atomic mass is 32.1. The van der Waals surface area contributed by atoms with Crippen LogP contribution in [0.15, 0.2) is 12.1 Å². The van der Waals surface area contributed by atoms with Gasteiger partial charge in [-0.15, -0.1) is 0 Å². The molecule has 0 saturated carbocycles. The van der Waals surface area contributed by atoms with Gasteiger partial charge in [0, 0.05) is 30.1 Å². The maximum absolute atomic E-state index is 10.6. The highest BCUT2D eigenvalue weighted by Crippen LogP contribution is 2.24. The molecule has 1 aliphatic rings. The van der Waals surface area contributed by atoms with E-state index in [9.17, 15) is 10.1 Å². The normalized spacial score (nSPS) is 17.8. The van der Waals surface area contributed by atoms with Gasteiger partial charge in [-0.3, -0.25) is 15.0 Å². The Labute approximate surface area is 124 Å². The van der Waals surface area contributed by atoms with Gasteiger partial charge in [-0.2, -0.15) is 0 Å². The Balaban J connectivity index is 1.81. The second-order valence-electron chi connectivity index (χ2n) is 5.68. The molecule has 20 heavy (non-hydrogen) atoms. The summed E-state index contributed by atoms with van der Waals surface area (Å²) in [4.78, 5) is 13.9. The third kappa shape index (κ3) is 4.01. The molecule has 2 rings (SSSR count). The smallest absolute Gasteiger partial charge is 0.310 e. The summed E-state index contributed by atoms with van der Waals surface area (Å²) in [6.45, 7) is 8.60. The van der Waals surface area contributed by atoms with Gasteiger partial charge in [0.25, 0.3) is 0 Å². The SMILES string of the molecule is CC(C)C(CNCc1ccc([N+](=O)[O-])s1)N1CCCC1. The topological polar surface area (TPSA) is 58.4 Å². The highest BCUT2D eigenvalue weighted by molar-refractivity contribution is 7.15. The van der Waals surface area contributed by atoms with Crippen LogP contribution in [0.1, 0.15) is 31.6 Å². The monoisotopic (exact) mass is 297 g/mol. The van der Waals surface area contributed by atoms with Crippen LogP contribution >= 0.6 is 11.3 Å². The minimum atomic E-state index is -0.324. The summed E-state index contributed by atoms with van der Waals surface area (Å²) >= 11 is 1.26. The van der Waals surface area contributed by atoms with E-state index < -0.39 is 0 Å². The fourth-order valence-electron chi connectivity index (χ4n) is 2.76. The maximum atomic E-state index is 10.6. The first kappa shape index (κ1) is 15.4. The Morgan fingerprint density at radius 2 is 2.10 bits per heavy atom. The van der Waals surface area contributed by atoms with Crippen LogP contribution in [0.3, 0.4) is 0 Å². The molecule has 2 heterocycles. The second-order valence-corrected chi connectivity index (χ2v) is 6.83. The van der Waals surface area contributed by atoms with Crippen LogP contribution in [-0.4, -0.2) is 35.5 Å². The standard InChI is InChI=1S/C14H23N3O2S/c1-11(2)13(16-7-3-4-8-16)10-15-9-12-5-6-14(20-12)17(18)19/h5-6,11,13,15H,3-4,7-10H2,1-2H3. The lowest BCUT2D eigenvalue weighted by Crippen LogP contribution is -2.43. The molecule has 1 saturated heterocycles. The van der Waals surface area contributed by atoms with Gasteiger partial charge in [-0.1, -0.05) is 25.2 Å². The average molecular weight is 297 g/mol. The van der Waals surface area contributed by atoms with E-state index in [0.717, 1.165) is 18.0 Å². The summed E-state index contributed by atoms with van der Waals surface area (Å²) in [5, 5.41) is 14.3. The van der Waals surface area contributed by atoms with Gasteiger partial charge >= 0.3 is 5.00 Å². The first-order valence-corrected chi connectivity index (χ1v) is 8.07. The number of hydrogen-bond acceptors (Lipinski definition) is 5. The van der Waals surface area contributed by atoms with E-state index in [1.54, 1.807) is 6.07 Å². The number of likely N-dealkylation sites (tertiary alicyclic amines) is 1. The van der Waals surface area contributed by atoms with Crippen LogP contribution in [0.25, 0.3) is 0 Å². The molecule has 0 amide bonds. The molecule has 5 nitrogen and oxygen atoms in total. The Morgan fingerprint density at radius 3 is 2.65 bits per heavy atom. The average Bonchev–Trinajstić information content (AvgIpc) is 3.05. The van der Waals surface area contributed by atoms with Crippen molar-refractivity contribution in [3.63, 3.8) is 0 Å². The van der Waals surface area contributed by atoms with Gasteiger partial charge in [0.1, 0.15) is 0 Å². The molecule has 0 spiro atoms. The van der Waals surface area contributed by atoms with Crippen molar-refractivity contribution in [2.75, 3.05) is 19.6 Å². The van der Waals surface area contributed by atoms with Crippen molar-refractivity contribution >= 4 is 16.3 Å². The molecule has 1 fully saturated rings. The van der Waals surface area contributed by atoms with Crippen LogP contribution < -0.4 is 5.32 Å². The molecule has 0 aliphatic carbocycles. The fourth-order valence-corrected chi connectivity index (χ4v) is 3.55. The highest BCUT2D eigenvalue weighted by Gasteiger charge is 2.24. The maximum Gasteiger partial charge on any atom is 0.324 e. The van der Waals surface area contributed by atoms with Crippen molar-refractivity contribution < 1.29 is 4.92 Å². The molecule has 1 atom stereocenters. The van der Waals surface area contributed by atoms with E-state index in [1.165, 1.54) is 37.3 Å². The molecule has 1 aliphatic heterocycles. The lowest BCUT2D eigenvalue weighted by atomic mass is 10.0. The molecule has 0 aromatic carbocycles. The van der Waals surface area contributed by atoms with Crippen molar-refractivity contribution in [1.29, 1.82) is 0 Å². The lowest BCUT2D eigenvalue weighted by molar-refractivity contribution is -0.380. The zero-order valence-electron chi connectivity index (χ0n) is 12.2. The molecule has 0 radical (unpaired) electrons. The minimum Gasteiger partial charge on any atom is -0.310 e. The predicted octanol–water partition coefficient (Wildman–Crippen LogP) is 2.87. The lowest BCUT2D eigenvalue weighted by Gasteiger charge is -2.31. The van der Waals surface area contributed by atoms with Crippen molar-refractivity contribution in [2.24, 2.45) is 5.92 Å². The van der Waals surface area contributed by atoms with E-state index >= 15 is 0 Å². The van der Waals surface area contributed by atoms with Crippen LogP contribution in [-0.2, 0) is 6.54 Å². The van der Waals surface area contributed by atoms with Crippen LogP contribution in [0, 0.1) is 16.0 Å². The van der Waals surface area contributed by atoms with Crippen LogP contribution in [0.5, 0.6) is 0 Å². The zero-order chi connectivity index (χ0) is 14.5. The molecule has 1 unspecified atom stereocenters. The van der Waals surface area contributed by atoms with Crippen molar-refractivity contribution in [3.05, 3.63) is 27.1 Å². The van der Waals surface area contributed by atoms with Crippen LogP contribution in [0.2, 0.25) is 0 Å². The Kier molecular flexibility index (Phi) is 5.51. The molecule has 0 bridgehead atoms. The van der Waals surface area contributed by atoms with E-state index in [0.29, 0.717) is 12.0 Å². The Morgan fingerprint density at radius 1 is 1.40 bits per heavy atom. The molecular formula is C14H23N3O2S. The van der Waals surface area contributed by atoms with Gasteiger partial charge in [0.2, 0.25) is 0 Å². The largest absolute Gasteiger partial charge is 0.324 e. The van der Waals surface area contributed by atoms with Crippen molar-refractivity contribution in [3.8, 4) is 0 Å². The number of nitro groups is 1. The summed E-state index contributed by atoms with van der Waals surface area (Å²) < 4.78 is 0. The summed E-state index contributed by atoms with van der Waals surface area (Å²) in [7, 11) is 0. The molecule has 6 heteroatoms. The Hall–Kier alpha value is -0.980. The van der Waals surface area contributed by atoms with Gasteiger partial charge in [0.05, 0.1) is 4.92 Å². The first-order chi connectivity index (χ1) is 9.58. The zero-order valence-corrected chi connectivity index (χ0v) is 13.0. The van der Waals surface area contributed by atoms with E-state index in [4.69, 9.17) is 0 Å². The molecule has 1 aromatic heterocycles. The number of nitrogens with zero attached hydrogens (tertiary/aromatic N) is 2. The van der Waals surface area contributed by atoms with E-state index in [-0.39, 0.29) is 9.92 Å². The molecule has 112 valence electrons. The van der Waals surface area contributed by atoms with Crippen molar-refractivity contribution in [2.45, 2.75) is 39.3 Å². The number of hydrogen-bond donors (Lipinski definition) is 1. The molecule has 1 N–H and O–H groups in total. The van der Waals surface area contributed by atoms with Gasteiger partial charge in [-0.05, 0) is 37.9 Å². The Bertz CT molecular complexity index is 441. The molecular weight excluding hydrogens is 274 g/mol. The van der Waals surface area contributed by atoms with Gasteiger partial charge < -0.3 is 5.32 Å². The number of nitrogens with one attached hydrogen (secondary N) is 1. The summed E-state index contributed by atoms with van der Waals surface area (Å²) in [6.07, 6.45) is 2.61. The summed E-state index contributed by atoms with van der Waals surface area (Å²) in [5.74, 6) is 0.623. The summed E-state index contributed by atoms with van der Waals surface area (Å²) in [6, 6.07) is 3.99. The number of rotatable bonds is 7. The molecule has 1 aromatic rings. The van der Waals surface area contributed by atoms with Crippen LogP contribution in [0.4, 0.5) is 5.00 Å².